The molecular formula is C24H25F2N3O3. The smallest absolute Gasteiger partial charge is 0.241 e. The summed E-state index contributed by atoms with van der Waals surface area (Å²) in [5, 5.41) is 2.59. The van der Waals surface area contributed by atoms with Gasteiger partial charge in [0.15, 0.2) is 0 Å². The second kappa shape index (κ2) is 7.85. The van der Waals surface area contributed by atoms with Gasteiger partial charge in [0.1, 0.15) is 17.4 Å². The van der Waals surface area contributed by atoms with Gasteiger partial charge in [0.05, 0.1) is 30.9 Å². The number of hydrogen-bond donors (Lipinski definition) is 1. The number of piperazine rings is 1. The Balaban J connectivity index is 1.46. The van der Waals surface area contributed by atoms with E-state index in [0.717, 1.165) is 35.4 Å². The van der Waals surface area contributed by atoms with Gasteiger partial charge in [0.25, 0.3) is 0 Å². The zero-order valence-corrected chi connectivity index (χ0v) is 18.0. The average molecular weight is 441 g/mol. The lowest BCUT2D eigenvalue weighted by Gasteiger charge is -2.51. The molecule has 8 heteroatoms. The average Bonchev–Trinajstić information content (AvgIpc) is 3.24. The molecule has 3 aliphatic heterocycles. The van der Waals surface area contributed by atoms with Crippen LogP contribution in [0.5, 0.6) is 5.75 Å². The van der Waals surface area contributed by atoms with Gasteiger partial charge < -0.3 is 15.0 Å². The van der Waals surface area contributed by atoms with Crippen LogP contribution in [0.1, 0.15) is 36.9 Å². The fraction of sp³-hybridized carbons (Fsp3) is 0.417. The van der Waals surface area contributed by atoms with Crippen molar-refractivity contribution in [1.82, 2.24) is 9.80 Å². The maximum absolute atomic E-state index is 14.1. The lowest BCUT2D eigenvalue weighted by molar-refractivity contribution is -0.151. The van der Waals surface area contributed by atoms with E-state index in [4.69, 9.17) is 4.74 Å². The van der Waals surface area contributed by atoms with Gasteiger partial charge in [-0.05, 0) is 49.9 Å². The number of carbonyl (C=O) groups excluding carboxylic acids is 2. The molecule has 6 nitrogen and oxygen atoms in total. The molecule has 4 unspecified atom stereocenters. The number of amides is 2. The molecule has 4 atom stereocenters. The van der Waals surface area contributed by atoms with Crippen molar-refractivity contribution in [3.8, 4) is 5.75 Å². The lowest BCUT2D eigenvalue weighted by atomic mass is 9.84. The number of benzene rings is 2. The number of carbonyl (C=O) groups is 2. The van der Waals surface area contributed by atoms with Crippen LogP contribution < -0.4 is 10.1 Å². The summed E-state index contributed by atoms with van der Waals surface area (Å²) in [5.74, 6) is -1.07. The molecule has 168 valence electrons. The van der Waals surface area contributed by atoms with Crippen LogP contribution in [-0.2, 0) is 16.0 Å². The van der Waals surface area contributed by atoms with Gasteiger partial charge in [0.2, 0.25) is 11.8 Å². The van der Waals surface area contributed by atoms with Crippen molar-refractivity contribution in [2.45, 2.75) is 50.4 Å². The van der Waals surface area contributed by atoms with E-state index in [-0.39, 0.29) is 35.6 Å². The minimum atomic E-state index is -0.824. The summed E-state index contributed by atoms with van der Waals surface area (Å²) < 4.78 is 32.9. The van der Waals surface area contributed by atoms with Gasteiger partial charge in [-0.1, -0.05) is 12.1 Å². The zero-order valence-electron chi connectivity index (χ0n) is 18.0. The number of nitrogens with one attached hydrogen (secondary N) is 1. The zero-order chi connectivity index (χ0) is 22.6. The second-order valence-corrected chi connectivity index (χ2v) is 8.66. The number of ether oxygens (including phenoxy) is 1. The molecule has 2 aromatic carbocycles. The SMILES string of the molecule is COc1cccc2c1CCN1C(=O)C3CCC(C(=O)Nc4ccc(F)cc4F)N3C(C)C21. The fourth-order valence-electron chi connectivity index (χ4n) is 5.70. The van der Waals surface area contributed by atoms with E-state index in [1.54, 1.807) is 7.11 Å². The quantitative estimate of drug-likeness (QED) is 0.794. The first-order valence-electron chi connectivity index (χ1n) is 10.9. The highest BCUT2D eigenvalue weighted by Crippen LogP contribution is 2.45. The number of hydrogen-bond acceptors (Lipinski definition) is 4. The molecular weight excluding hydrogens is 416 g/mol. The molecule has 0 spiro atoms. The Labute approximate surface area is 185 Å². The number of halogens is 2. The van der Waals surface area contributed by atoms with E-state index in [9.17, 15) is 18.4 Å². The number of methoxy groups -OCH3 is 1. The third kappa shape index (κ3) is 3.16. The Morgan fingerprint density at radius 2 is 2.00 bits per heavy atom. The monoisotopic (exact) mass is 441 g/mol. The first-order valence-corrected chi connectivity index (χ1v) is 10.9. The molecule has 2 aromatic rings. The molecule has 0 radical (unpaired) electrons. The van der Waals surface area contributed by atoms with Crippen molar-refractivity contribution in [3.05, 3.63) is 59.2 Å². The first kappa shape index (κ1) is 20.9. The summed E-state index contributed by atoms with van der Waals surface area (Å²) in [4.78, 5) is 30.4. The van der Waals surface area contributed by atoms with E-state index in [0.29, 0.717) is 19.4 Å². The molecule has 3 heterocycles. The summed E-state index contributed by atoms with van der Waals surface area (Å²) in [6, 6.07) is 7.70. The van der Waals surface area contributed by atoms with Crippen molar-refractivity contribution in [1.29, 1.82) is 0 Å². The highest BCUT2D eigenvalue weighted by molar-refractivity contribution is 5.96. The largest absolute Gasteiger partial charge is 0.496 e. The van der Waals surface area contributed by atoms with Gasteiger partial charge in [-0.3, -0.25) is 14.5 Å². The number of fused-ring (bicyclic) bond motifs is 4. The molecule has 2 amide bonds. The van der Waals surface area contributed by atoms with E-state index >= 15 is 0 Å². The minimum Gasteiger partial charge on any atom is -0.496 e. The normalized spacial score (nSPS) is 26.9. The summed E-state index contributed by atoms with van der Waals surface area (Å²) in [5.41, 5.74) is 2.08. The van der Waals surface area contributed by atoms with Gasteiger partial charge in [-0.15, -0.1) is 0 Å². The maximum atomic E-state index is 14.1. The highest BCUT2D eigenvalue weighted by Gasteiger charge is 2.53. The third-order valence-electron chi connectivity index (χ3n) is 7.07. The predicted octanol–water partition coefficient (Wildman–Crippen LogP) is 3.27. The molecule has 2 saturated heterocycles. The van der Waals surface area contributed by atoms with Crippen molar-refractivity contribution < 1.29 is 23.1 Å². The summed E-state index contributed by atoms with van der Waals surface area (Å²) >= 11 is 0. The number of anilines is 1. The molecule has 0 bridgehead atoms. The summed E-state index contributed by atoms with van der Waals surface area (Å²) in [6.07, 6.45) is 1.80. The lowest BCUT2D eigenvalue weighted by Crippen LogP contribution is -2.64. The first-order chi connectivity index (χ1) is 15.4. The third-order valence-corrected chi connectivity index (χ3v) is 7.07. The molecule has 2 fully saturated rings. The van der Waals surface area contributed by atoms with Crippen molar-refractivity contribution in [2.24, 2.45) is 0 Å². The van der Waals surface area contributed by atoms with Gasteiger partial charge >= 0.3 is 0 Å². The van der Waals surface area contributed by atoms with Crippen molar-refractivity contribution >= 4 is 17.5 Å². The van der Waals surface area contributed by atoms with Crippen LogP contribution in [-0.4, -0.2) is 53.4 Å². The van der Waals surface area contributed by atoms with E-state index < -0.39 is 17.7 Å². The number of rotatable bonds is 3. The Morgan fingerprint density at radius 1 is 1.19 bits per heavy atom. The molecule has 0 aromatic heterocycles. The van der Waals surface area contributed by atoms with Crippen LogP contribution in [0.25, 0.3) is 0 Å². The van der Waals surface area contributed by atoms with Crippen LogP contribution in [0.2, 0.25) is 0 Å². The van der Waals surface area contributed by atoms with E-state index in [2.05, 4.69) is 5.32 Å². The van der Waals surface area contributed by atoms with Crippen LogP contribution >= 0.6 is 0 Å². The van der Waals surface area contributed by atoms with Crippen molar-refractivity contribution in [2.75, 3.05) is 19.0 Å². The molecule has 32 heavy (non-hydrogen) atoms. The summed E-state index contributed by atoms with van der Waals surface area (Å²) in [7, 11) is 1.64. The molecule has 5 rings (SSSR count). The van der Waals surface area contributed by atoms with Crippen molar-refractivity contribution in [3.63, 3.8) is 0 Å². The van der Waals surface area contributed by atoms with E-state index in [1.807, 2.05) is 34.9 Å². The number of nitrogens with zero attached hydrogens (tertiary/aromatic N) is 2. The fourth-order valence-corrected chi connectivity index (χ4v) is 5.70. The standard InChI is InChI=1S/C24H25F2N3O3/c1-13-22-16-4-3-5-21(32-2)15(16)10-11-28(22)24(31)20-9-8-19(29(13)20)23(30)27-18-7-6-14(25)12-17(18)26/h3-7,12-13,19-20,22H,8-11H2,1-2H3,(H,27,30). The molecule has 0 saturated carbocycles. The minimum absolute atomic E-state index is 0.0323. The highest BCUT2D eigenvalue weighted by atomic mass is 19.1. The maximum Gasteiger partial charge on any atom is 0.241 e. The van der Waals surface area contributed by atoms with Crippen LogP contribution in [0.4, 0.5) is 14.5 Å². The Hall–Kier alpha value is -3.00. The van der Waals surface area contributed by atoms with Crippen LogP contribution in [0.15, 0.2) is 36.4 Å². The Kier molecular flexibility index (Phi) is 5.12. The summed E-state index contributed by atoms with van der Waals surface area (Å²) in [6.45, 7) is 2.65. The molecule has 1 N–H and O–H groups in total. The van der Waals surface area contributed by atoms with Crippen LogP contribution in [0.3, 0.4) is 0 Å². The topological polar surface area (TPSA) is 61.9 Å². The Bertz CT molecular complexity index is 1090. The predicted molar refractivity (Wildman–Crippen MR) is 114 cm³/mol. The van der Waals surface area contributed by atoms with Gasteiger partial charge in [-0.25, -0.2) is 8.78 Å². The van der Waals surface area contributed by atoms with Crippen LogP contribution in [0, 0.1) is 11.6 Å². The van der Waals surface area contributed by atoms with Gasteiger partial charge in [0, 0.05) is 24.2 Å². The Morgan fingerprint density at radius 3 is 2.75 bits per heavy atom. The van der Waals surface area contributed by atoms with E-state index in [1.165, 1.54) is 6.07 Å². The molecule has 3 aliphatic rings. The molecule has 0 aliphatic carbocycles. The second-order valence-electron chi connectivity index (χ2n) is 8.66. The van der Waals surface area contributed by atoms with Gasteiger partial charge in [-0.2, -0.15) is 0 Å².